The molecule has 226 valence electrons. The summed E-state index contributed by atoms with van der Waals surface area (Å²) in [6.07, 6.45) is 17.5. The highest BCUT2D eigenvalue weighted by molar-refractivity contribution is 5.78. The molecule has 1 aromatic heterocycles. The number of aliphatic hydroxyl groups is 1. The number of nitrogens with two attached hydrogens (primary N) is 1. The Bertz CT molecular complexity index is 981. The van der Waals surface area contributed by atoms with E-state index in [2.05, 4.69) is 49.9 Å². The van der Waals surface area contributed by atoms with E-state index in [1.165, 1.54) is 51.4 Å². The quantitative estimate of drug-likeness (QED) is 0.265. The van der Waals surface area contributed by atoms with Crippen molar-refractivity contribution in [3.8, 4) is 0 Å². The number of aliphatic hydroxyl groups excluding tert-OH is 1. The molecule has 4 saturated carbocycles. The Morgan fingerprint density at radius 3 is 2.52 bits per heavy atom. The lowest BCUT2D eigenvalue weighted by molar-refractivity contribution is -0.147. The Morgan fingerprint density at radius 2 is 1.82 bits per heavy atom. The first-order chi connectivity index (χ1) is 19.0. The minimum absolute atomic E-state index is 0.0147. The van der Waals surface area contributed by atoms with Gasteiger partial charge in [-0.1, -0.05) is 53.9 Å². The molecule has 0 aromatic carbocycles. The predicted molar refractivity (Wildman–Crippen MR) is 161 cm³/mol. The normalized spacial score (nSPS) is 40.7. The van der Waals surface area contributed by atoms with Gasteiger partial charge in [0, 0.05) is 25.2 Å². The van der Waals surface area contributed by atoms with Gasteiger partial charge in [0.15, 0.2) is 0 Å². The summed E-state index contributed by atoms with van der Waals surface area (Å²) in [6.45, 7) is 13.5. The van der Waals surface area contributed by atoms with Crippen molar-refractivity contribution in [3.05, 3.63) is 18.2 Å². The molecule has 2 unspecified atom stereocenters. The van der Waals surface area contributed by atoms with E-state index in [-0.39, 0.29) is 11.3 Å². The van der Waals surface area contributed by atoms with Crippen LogP contribution in [-0.2, 0) is 11.2 Å². The van der Waals surface area contributed by atoms with E-state index in [1.807, 2.05) is 6.20 Å². The predicted octanol–water partition coefficient (Wildman–Crippen LogP) is 6.10. The minimum Gasteiger partial charge on any atom is -0.383 e. The molecule has 40 heavy (non-hydrogen) atoms. The van der Waals surface area contributed by atoms with E-state index < -0.39 is 12.0 Å². The average molecular weight is 555 g/mol. The maximum atomic E-state index is 11.9. The van der Waals surface area contributed by atoms with Gasteiger partial charge in [0.2, 0.25) is 5.91 Å². The van der Waals surface area contributed by atoms with Crippen LogP contribution >= 0.6 is 0 Å². The summed E-state index contributed by atoms with van der Waals surface area (Å²) < 4.78 is 0. The van der Waals surface area contributed by atoms with Gasteiger partial charge in [-0.05, 0) is 110 Å². The van der Waals surface area contributed by atoms with Crippen LogP contribution in [0.25, 0.3) is 0 Å². The lowest BCUT2D eigenvalue weighted by atomic mass is 9.42. The molecule has 0 radical (unpaired) electrons. The van der Waals surface area contributed by atoms with Crippen LogP contribution in [0.3, 0.4) is 0 Å². The highest BCUT2D eigenvalue weighted by Crippen LogP contribution is 2.68. The first-order valence-corrected chi connectivity index (χ1v) is 16.7. The molecule has 1 amide bonds. The van der Waals surface area contributed by atoms with Gasteiger partial charge in [0.1, 0.15) is 6.10 Å². The molecule has 1 heterocycles. The van der Waals surface area contributed by atoms with Crippen molar-refractivity contribution in [2.75, 3.05) is 6.54 Å². The van der Waals surface area contributed by atoms with Gasteiger partial charge >= 0.3 is 0 Å². The number of primary amides is 1. The smallest absolute Gasteiger partial charge is 0.246 e. The number of imidazole rings is 1. The fourth-order valence-electron chi connectivity index (χ4n) is 11.0. The average Bonchev–Trinajstić information content (AvgIpc) is 3.55. The zero-order valence-electron chi connectivity index (χ0n) is 26.0. The first-order valence-electron chi connectivity index (χ1n) is 16.7. The van der Waals surface area contributed by atoms with E-state index in [0.29, 0.717) is 17.4 Å². The second-order valence-corrected chi connectivity index (χ2v) is 15.5. The number of fused-ring (bicyclic) bond motifs is 5. The second kappa shape index (κ2) is 12.1. The Labute approximate surface area is 243 Å². The SMILES string of the molecule is CC(C)CCC[C@@H](C)[C@H]1CC[C@H]2[C@@H]3C[C@@H](NCCc4c[nH]cn4)C4C[C@@H](C(O)C(N)=O)CC[C@]4(C)[C@H]3CC[C@]12C. The molecule has 1 aromatic rings. The van der Waals surface area contributed by atoms with Gasteiger partial charge < -0.3 is 21.1 Å². The highest BCUT2D eigenvalue weighted by atomic mass is 16.3. The number of nitrogens with zero attached hydrogens (tertiary/aromatic N) is 1. The third-order valence-corrected chi connectivity index (χ3v) is 13.0. The number of rotatable bonds is 11. The molecular formula is C34H58N4O2. The summed E-state index contributed by atoms with van der Waals surface area (Å²) in [5.41, 5.74) is 7.41. The molecule has 4 aliphatic rings. The zero-order valence-corrected chi connectivity index (χ0v) is 26.0. The summed E-state index contributed by atoms with van der Waals surface area (Å²) in [7, 11) is 0. The molecule has 0 spiro atoms. The van der Waals surface area contributed by atoms with Gasteiger partial charge in [0.05, 0.1) is 12.0 Å². The molecule has 5 N–H and O–H groups in total. The van der Waals surface area contributed by atoms with Gasteiger partial charge in [-0.15, -0.1) is 0 Å². The van der Waals surface area contributed by atoms with Crippen molar-refractivity contribution in [1.29, 1.82) is 0 Å². The van der Waals surface area contributed by atoms with E-state index in [9.17, 15) is 9.90 Å². The Hall–Kier alpha value is -1.40. The molecule has 4 fully saturated rings. The van der Waals surface area contributed by atoms with Gasteiger partial charge in [-0.2, -0.15) is 0 Å². The molecule has 0 bridgehead atoms. The highest BCUT2D eigenvalue weighted by Gasteiger charge is 2.62. The van der Waals surface area contributed by atoms with Crippen molar-refractivity contribution < 1.29 is 9.90 Å². The largest absolute Gasteiger partial charge is 0.383 e. The number of amides is 1. The van der Waals surface area contributed by atoms with Crippen LogP contribution in [0.15, 0.2) is 12.5 Å². The van der Waals surface area contributed by atoms with E-state index in [1.54, 1.807) is 6.33 Å². The van der Waals surface area contributed by atoms with Crippen molar-refractivity contribution in [2.24, 2.45) is 63.9 Å². The Morgan fingerprint density at radius 1 is 1.07 bits per heavy atom. The molecule has 5 rings (SSSR count). The second-order valence-electron chi connectivity index (χ2n) is 15.5. The molecule has 6 heteroatoms. The molecule has 4 aliphatic carbocycles. The Balaban J connectivity index is 1.35. The standard InChI is InChI=1S/C34H58N4O2/c1-21(2)7-6-8-22(3)26-9-10-27-25-18-30(37-16-13-24-19-36-20-38-24)29-17-23(31(39)32(35)40)11-14-34(29,5)28(25)12-15-33(26,27)4/h19-23,25-31,37,39H,6-18H2,1-5H3,(H2,35,40)(H,36,38)/t22-,23+,25+,26-,27+,28+,29?,30-,31?,33-,34-/m1/s1. The topological polar surface area (TPSA) is 104 Å². The summed E-state index contributed by atoms with van der Waals surface area (Å²) in [6, 6.07) is 0.415. The van der Waals surface area contributed by atoms with Gasteiger partial charge in [0.25, 0.3) is 0 Å². The summed E-state index contributed by atoms with van der Waals surface area (Å²) in [4.78, 5) is 19.5. The van der Waals surface area contributed by atoms with Crippen LogP contribution < -0.4 is 11.1 Å². The zero-order chi connectivity index (χ0) is 28.7. The fraction of sp³-hybridized carbons (Fsp3) is 0.882. The number of carbonyl (C=O) groups excluding carboxylic acids is 1. The lowest BCUT2D eigenvalue weighted by Crippen LogP contribution is -2.61. The summed E-state index contributed by atoms with van der Waals surface area (Å²) >= 11 is 0. The number of aromatic amines is 1. The van der Waals surface area contributed by atoms with E-state index in [4.69, 9.17) is 5.73 Å². The maximum absolute atomic E-state index is 11.9. The van der Waals surface area contributed by atoms with Crippen molar-refractivity contribution in [2.45, 2.75) is 124 Å². The monoisotopic (exact) mass is 554 g/mol. The van der Waals surface area contributed by atoms with Crippen LogP contribution in [0.1, 0.15) is 111 Å². The van der Waals surface area contributed by atoms with Crippen LogP contribution in [0.2, 0.25) is 0 Å². The van der Waals surface area contributed by atoms with Crippen LogP contribution in [0.5, 0.6) is 0 Å². The number of nitrogens with one attached hydrogen (secondary N) is 2. The number of carbonyl (C=O) groups is 1. The van der Waals surface area contributed by atoms with Gasteiger partial charge in [-0.3, -0.25) is 4.79 Å². The fourth-order valence-corrected chi connectivity index (χ4v) is 11.0. The lowest BCUT2D eigenvalue weighted by Gasteiger charge is -2.63. The van der Waals surface area contributed by atoms with Crippen molar-refractivity contribution in [3.63, 3.8) is 0 Å². The van der Waals surface area contributed by atoms with Crippen LogP contribution in [0, 0.1) is 58.2 Å². The number of hydrogen-bond acceptors (Lipinski definition) is 4. The number of H-pyrrole nitrogens is 1. The van der Waals surface area contributed by atoms with Crippen molar-refractivity contribution in [1.82, 2.24) is 15.3 Å². The van der Waals surface area contributed by atoms with E-state index in [0.717, 1.165) is 73.4 Å². The number of hydrogen-bond donors (Lipinski definition) is 4. The van der Waals surface area contributed by atoms with Gasteiger partial charge in [-0.25, -0.2) is 4.98 Å². The van der Waals surface area contributed by atoms with Crippen LogP contribution in [0.4, 0.5) is 0 Å². The third kappa shape index (κ3) is 5.65. The minimum atomic E-state index is -1.02. The molecule has 11 atom stereocenters. The summed E-state index contributed by atoms with van der Waals surface area (Å²) in [5.74, 6) is 4.74. The van der Waals surface area contributed by atoms with E-state index >= 15 is 0 Å². The maximum Gasteiger partial charge on any atom is 0.246 e. The number of aromatic nitrogens is 2. The summed E-state index contributed by atoms with van der Waals surface area (Å²) in [5, 5.41) is 14.7. The first kappa shape index (κ1) is 30.1. The van der Waals surface area contributed by atoms with Crippen molar-refractivity contribution >= 4 is 5.91 Å². The Kier molecular flexibility index (Phi) is 9.07. The molecule has 0 aliphatic heterocycles. The van der Waals surface area contributed by atoms with Crippen LogP contribution in [-0.4, -0.2) is 39.7 Å². The molecule has 6 nitrogen and oxygen atoms in total. The third-order valence-electron chi connectivity index (χ3n) is 13.0. The molecular weight excluding hydrogens is 496 g/mol. The molecule has 0 saturated heterocycles.